The highest BCUT2D eigenvalue weighted by molar-refractivity contribution is 5.97. The molecular formula is C24H29F2N3O. The molecule has 2 aromatic rings. The first kappa shape index (κ1) is 19.9. The third-order valence-corrected chi connectivity index (χ3v) is 6.79. The molecule has 0 saturated heterocycles. The topological polar surface area (TPSA) is 46.9 Å². The Hall–Kier alpha value is -2.08. The standard InChI is InChI=1S/C24H29F2N3O/c25-24(26)8-6-20(7-9-24)28-22-12-21(22)18-2-1-3-19(11-18)23(30)10-17-13-27-29(15-17)14-16-4-5-16/h1-3,11,13,15-16,20-22,28H,4-10,12,14H2. The van der Waals surface area contributed by atoms with Gasteiger partial charge in [0.25, 0.3) is 0 Å². The second kappa shape index (κ2) is 7.88. The second-order valence-corrected chi connectivity index (χ2v) is 9.48. The molecule has 4 nitrogen and oxygen atoms in total. The second-order valence-electron chi connectivity index (χ2n) is 9.48. The molecule has 1 aromatic carbocycles. The summed E-state index contributed by atoms with van der Waals surface area (Å²) in [5.74, 6) is -1.23. The van der Waals surface area contributed by atoms with Gasteiger partial charge in [-0.15, -0.1) is 0 Å². The number of carbonyl (C=O) groups is 1. The van der Waals surface area contributed by atoms with Crippen LogP contribution in [0.5, 0.6) is 0 Å². The van der Waals surface area contributed by atoms with E-state index in [4.69, 9.17) is 0 Å². The summed E-state index contributed by atoms with van der Waals surface area (Å²) in [5.41, 5.74) is 2.88. The molecule has 1 aromatic heterocycles. The van der Waals surface area contributed by atoms with Crippen molar-refractivity contribution in [2.45, 2.75) is 81.8 Å². The Labute approximate surface area is 176 Å². The van der Waals surface area contributed by atoms with Gasteiger partial charge in [-0.1, -0.05) is 18.2 Å². The number of aromatic nitrogens is 2. The first-order valence-corrected chi connectivity index (χ1v) is 11.2. The lowest BCUT2D eigenvalue weighted by atomic mass is 9.92. The fourth-order valence-corrected chi connectivity index (χ4v) is 4.65. The molecule has 3 saturated carbocycles. The summed E-state index contributed by atoms with van der Waals surface area (Å²) in [4.78, 5) is 12.8. The molecule has 0 bridgehead atoms. The van der Waals surface area contributed by atoms with Crippen LogP contribution >= 0.6 is 0 Å². The fraction of sp³-hybridized carbons (Fsp3) is 0.583. The monoisotopic (exact) mass is 413 g/mol. The molecule has 0 aliphatic heterocycles. The van der Waals surface area contributed by atoms with E-state index in [9.17, 15) is 13.6 Å². The van der Waals surface area contributed by atoms with Crippen molar-refractivity contribution in [2.24, 2.45) is 5.92 Å². The van der Waals surface area contributed by atoms with E-state index in [-0.39, 0.29) is 24.7 Å². The molecule has 3 aliphatic rings. The van der Waals surface area contributed by atoms with Gasteiger partial charge in [-0.2, -0.15) is 5.10 Å². The number of ketones is 1. The Bertz CT molecular complexity index is 911. The summed E-state index contributed by atoms with van der Waals surface area (Å²) in [6.07, 6.45) is 8.82. The van der Waals surface area contributed by atoms with Crippen LogP contribution in [0.2, 0.25) is 0 Å². The Kier molecular flexibility index (Phi) is 5.21. The summed E-state index contributed by atoms with van der Waals surface area (Å²) in [6.45, 7) is 0.957. The number of Topliss-reactive ketones (excluding diaryl/α,β-unsaturated/α-hetero) is 1. The molecular weight excluding hydrogens is 384 g/mol. The van der Waals surface area contributed by atoms with Crippen molar-refractivity contribution in [1.82, 2.24) is 15.1 Å². The minimum atomic E-state index is -2.48. The van der Waals surface area contributed by atoms with Crippen LogP contribution in [0, 0.1) is 5.92 Å². The number of alkyl halides is 2. The summed E-state index contributed by atoms with van der Waals surface area (Å²) < 4.78 is 28.6. The maximum atomic E-state index is 13.3. The maximum absolute atomic E-state index is 13.3. The van der Waals surface area contributed by atoms with Gasteiger partial charge in [0.05, 0.1) is 6.20 Å². The summed E-state index contributed by atoms with van der Waals surface area (Å²) >= 11 is 0. The van der Waals surface area contributed by atoms with Gasteiger partial charge in [-0.3, -0.25) is 9.48 Å². The van der Waals surface area contributed by atoms with E-state index >= 15 is 0 Å². The number of nitrogens with one attached hydrogen (secondary N) is 1. The van der Waals surface area contributed by atoms with Crippen LogP contribution < -0.4 is 5.32 Å². The van der Waals surface area contributed by atoms with Crippen LogP contribution in [-0.4, -0.2) is 33.6 Å². The molecule has 30 heavy (non-hydrogen) atoms. The van der Waals surface area contributed by atoms with Crippen molar-refractivity contribution < 1.29 is 13.6 Å². The van der Waals surface area contributed by atoms with E-state index in [1.54, 1.807) is 6.20 Å². The SMILES string of the molecule is O=C(Cc1cnn(CC2CC2)c1)c1cccc(C2CC2NC2CCC(F)(F)CC2)c1. The van der Waals surface area contributed by atoms with Gasteiger partial charge in [0, 0.05) is 55.6 Å². The lowest BCUT2D eigenvalue weighted by molar-refractivity contribution is -0.0405. The molecule has 3 fully saturated rings. The number of rotatable bonds is 8. The van der Waals surface area contributed by atoms with Gasteiger partial charge in [-0.05, 0) is 55.2 Å². The lowest BCUT2D eigenvalue weighted by Crippen LogP contribution is -2.38. The molecule has 1 N–H and O–H groups in total. The highest BCUT2D eigenvalue weighted by Gasteiger charge is 2.42. The minimum absolute atomic E-state index is 0.0106. The van der Waals surface area contributed by atoms with Gasteiger partial charge in [0.15, 0.2) is 5.78 Å². The van der Waals surface area contributed by atoms with E-state index in [0.29, 0.717) is 31.2 Å². The van der Waals surface area contributed by atoms with Crippen LogP contribution in [0.25, 0.3) is 0 Å². The molecule has 6 heteroatoms. The van der Waals surface area contributed by atoms with Gasteiger partial charge in [0.2, 0.25) is 5.92 Å². The molecule has 3 aliphatic carbocycles. The molecule has 0 amide bonds. The highest BCUT2D eigenvalue weighted by atomic mass is 19.3. The van der Waals surface area contributed by atoms with Gasteiger partial charge < -0.3 is 5.32 Å². The number of halogens is 2. The zero-order chi connectivity index (χ0) is 20.7. The fourth-order valence-electron chi connectivity index (χ4n) is 4.65. The quantitative estimate of drug-likeness (QED) is 0.636. The van der Waals surface area contributed by atoms with Gasteiger partial charge in [-0.25, -0.2) is 8.78 Å². The predicted octanol–water partition coefficient (Wildman–Crippen LogP) is 4.74. The van der Waals surface area contributed by atoms with Crippen LogP contribution in [0.15, 0.2) is 36.7 Å². The Balaban J connectivity index is 1.15. The molecule has 1 heterocycles. The van der Waals surface area contributed by atoms with Crippen molar-refractivity contribution in [3.8, 4) is 0 Å². The molecule has 2 atom stereocenters. The van der Waals surface area contributed by atoms with E-state index in [2.05, 4.69) is 16.5 Å². The molecule has 0 radical (unpaired) electrons. The summed E-state index contributed by atoms with van der Waals surface area (Å²) in [7, 11) is 0. The van der Waals surface area contributed by atoms with Crippen molar-refractivity contribution >= 4 is 5.78 Å². The molecule has 5 rings (SSSR count). The number of carbonyl (C=O) groups excluding carboxylic acids is 1. The third kappa shape index (κ3) is 4.80. The van der Waals surface area contributed by atoms with Crippen molar-refractivity contribution in [1.29, 1.82) is 0 Å². The largest absolute Gasteiger partial charge is 0.311 e. The third-order valence-electron chi connectivity index (χ3n) is 6.79. The number of benzene rings is 1. The first-order valence-electron chi connectivity index (χ1n) is 11.2. The van der Waals surface area contributed by atoms with E-state index < -0.39 is 5.92 Å². The summed E-state index contributed by atoms with van der Waals surface area (Å²) in [5, 5.41) is 7.94. The van der Waals surface area contributed by atoms with Crippen molar-refractivity contribution in [2.75, 3.05) is 0 Å². The van der Waals surface area contributed by atoms with E-state index in [1.165, 1.54) is 18.4 Å². The molecule has 2 unspecified atom stereocenters. The van der Waals surface area contributed by atoms with Crippen molar-refractivity contribution in [3.05, 3.63) is 53.3 Å². The van der Waals surface area contributed by atoms with Crippen molar-refractivity contribution in [3.63, 3.8) is 0 Å². The zero-order valence-electron chi connectivity index (χ0n) is 17.2. The Morgan fingerprint density at radius 1 is 1.20 bits per heavy atom. The molecule has 0 spiro atoms. The number of nitrogens with zero attached hydrogens (tertiary/aromatic N) is 2. The van der Waals surface area contributed by atoms with Gasteiger partial charge in [0.1, 0.15) is 0 Å². The summed E-state index contributed by atoms with van der Waals surface area (Å²) in [6, 6.07) is 8.46. The minimum Gasteiger partial charge on any atom is -0.311 e. The molecule has 160 valence electrons. The normalized spacial score (nSPS) is 25.9. The average Bonchev–Trinajstić information content (AvgIpc) is 3.64. The highest BCUT2D eigenvalue weighted by Crippen LogP contribution is 2.43. The van der Waals surface area contributed by atoms with Gasteiger partial charge >= 0.3 is 0 Å². The Morgan fingerprint density at radius 3 is 2.77 bits per heavy atom. The van der Waals surface area contributed by atoms with Crippen LogP contribution in [0.1, 0.15) is 72.3 Å². The van der Waals surface area contributed by atoms with E-state index in [1.807, 2.05) is 29.1 Å². The van der Waals surface area contributed by atoms with Crippen LogP contribution in [-0.2, 0) is 13.0 Å². The zero-order valence-corrected chi connectivity index (χ0v) is 17.2. The average molecular weight is 414 g/mol. The first-order chi connectivity index (χ1) is 14.4. The van der Waals surface area contributed by atoms with Crippen LogP contribution in [0.3, 0.4) is 0 Å². The lowest BCUT2D eigenvalue weighted by Gasteiger charge is -2.29. The number of hydrogen-bond donors (Lipinski definition) is 1. The smallest absolute Gasteiger partial charge is 0.248 e. The van der Waals surface area contributed by atoms with E-state index in [0.717, 1.165) is 30.0 Å². The predicted molar refractivity (Wildman–Crippen MR) is 111 cm³/mol. The number of hydrogen-bond acceptors (Lipinski definition) is 3. The maximum Gasteiger partial charge on any atom is 0.248 e. The van der Waals surface area contributed by atoms with Crippen LogP contribution in [0.4, 0.5) is 8.78 Å². The Morgan fingerprint density at radius 2 is 2.00 bits per heavy atom.